The first-order valence-electron chi connectivity index (χ1n) is 9.42. The zero-order valence-corrected chi connectivity index (χ0v) is 15.1. The predicted octanol–water partition coefficient (Wildman–Crippen LogP) is 3.85. The Bertz CT molecular complexity index is 865. The van der Waals surface area contributed by atoms with E-state index >= 15 is 0 Å². The summed E-state index contributed by atoms with van der Waals surface area (Å²) >= 11 is 0. The number of likely N-dealkylation sites (tertiary alicyclic amines) is 1. The van der Waals surface area contributed by atoms with Crippen LogP contribution in [0, 0.1) is 5.82 Å². The highest BCUT2D eigenvalue weighted by atomic mass is 19.1. The zero-order valence-electron chi connectivity index (χ0n) is 15.1. The van der Waals surface area contributed by atoms with Gasteiger partial charge < -0.3 is 9.64 Å². The molecule has 2 aliphatic heterocycles. The highest BCUT2D eigenvalue weighted by Crippen LogP contribution is 2.30. The fourth-order valence-electron chi connectivity index (χ4n) is 3.96. The molecule has 0 spiro atoms. The number of rotatable bonds is 5. The molecule has 0 saturated carbocycles. The van der Waals surface area contributed by atoms with Gasteiger partial charge in [0.1, 0.15) is 11.6 Å². The molecule has 0 radical (unpaired) electrons. The van der Waals surface area contributed by atoms with E-state index in [0.29, 0.717) is 12.5 Å². The van der Waals surface area contributed by atoms with Crippen LogP contribution in [-0.2, 0) is 0 Å². The SMILES string of the molecule is O=C(CCN1CCC(c2ccccc2)C1)c1ccc2c(c1F)C(=O)CCO2. The standard InChI is InChI=1S/C22H22FNO3/c23-22-17(6-7-20-21(22)19(26)10-13-27-20)18(25)9-12-24-11-8-16(14-24)15-4-2-1-3-5-15/h1-7,16H,8-14H2. The van der Waals surface area contributed by atoms with Gasteiger partial charge in [-0.1, -0.05) is 30.3 Å². The van der Waals surface area contributed by atoms with E-state index in [1.807, 2.05) is 18.2 Å². The number of nitrogens with zero attached hydrogens (tertiary/aromatic N) is 1. The maximum absolute atomic E-state index is 14.7. The van der Waals surface area contributed by atoms with Gasteiger partial charge in [-0.05, 0) is 36.6 Å². The van der Waals surface area contributed by atoms with E-state index in [1.165, 1.54) is 17.7 Å². The van der Waals surface area contributed by atoms with Crippen molar-refractivity contribution in [3.8, 4) is 5.75 Å². The van der Waals surface area contributed by atoms with E-state index in [9.17, 15) is 14.0 Å². The fourth-order valence-corrected chi connectivity index (χ4v) is 3.96. The molecular formula is C22H22FNO3. The topological polar surface area (TPSA) is 46.6 Å². The summed E-state index contributed by atoms with van der Waals surface area (Å²) in [5, 5.41) is 0. The Hall–Kier alpha value is -2.53. The highest BCUT2D eigenvalue weighted by molar-refractivity contribution is 6.04. The minimum absolute atomic E-state index is 0.00796. The average Bonchev–Trinajstić information content (AvgIpc) is 3.16. The van der Waals surface area contributed by atoms with E-state index in [2.05, 4.69) is 17.0 Å². The Morgan fingerprint density at radius 3 is 2.81 bits per heavy atom. The van der Waals surface area contributed by atoms with Gasteiger partial charge in [0.25, 0.3) is 0 Å². The van der Waals surface area contributed by atoms with Gasteiger partial charge in [0.05, 0.1) is 17.7 Å². The summed E-state index contributed by atoms with van der Waals surface area (Å²) in [5.74, 6) is -0.571. The maximum atomic E-state index is 14.7. The van der Waals surface area contributed by atoms with Gasteiger partial charge in [-0.2, -0.15) is 0 Å². The van der Waals surface area contributed by atoms with Crippen LogP contribution in [0.2, 0.25) is 0 Å². The van der Waals surface area contributed by atoms with Crippen molar-refractivity contribution in [2.45, 2.75) is 25.2 Å². The van der Waals surface area contributed by atoms with Crippen LogP contribution in [0.25, 0.3) is 0 Å². The predicted molar refractivity (Wildman–Crippen MR) is 100 cm³/mol. The number of benzene rings is 2. The van der Waals surface area contributed by atoms with Crippen LogP contribution in [0.3, 0.4) is 0 Å². The fraction of sp³-hybridized carbons (Fsp3) is 0.364. The summed E-state index contributed by atoms with van der Waals surface area (Å²) in [7, 11) is 0. The first-order valence-corrected chi connectivity index (χ1v) is 9.42. The molecule has 1 fully saturated rings. The van der Waals surface area contributed by atoms with E-state index in [-0.39, 0.29) is 47.9 Å². The molecule has 5 heteroatoms. The molecule has 0 amide bonds. The largest absolute Gasteiger partial charge is 0.492 e. The Morgan fingerprint density at radius 1 is 1.19 bits per heavy atom. The van der Waals surface area contributed by atoms with Crippen molar-refractivity contribution < 1.29 is 18.7 Å². The van der Waals surface area contributed by atoms with Crippen LogP contribution in [0.5, 0.6) is 5.75 Å². The molecule has 1 atom stereocenters. The molecule has 0 aliphatic carbocycles. The lowest BCUT2D eigenvalue weighted by atomic mass is 9.98. The van der Waals surface area contributed by atoms with Gasteiger partial charge in [0.15, 0.2) is 11.6 Å². The van der Waals surface area contributed by atoms with Crippen LogP contribution >= 0.6 is 0 Å². The molecule has 0 bridgehead atoms. The number of Topliss-reactive ketones (excluding diaryl/α,β-unsaturated/α-hetero) is 2. The van der Waals surface area contributed by atoms with Crippen molar-refractivity contribution in [3.63, 3.8) is 0 Å². The maximum Gasteiger partial charge on any atom is 0.172 e. The highest BCUT2D eigenvalue weighted by Gasteiger charge is 2.28. The van der Waals surface area contributed by atoms with Gasteiger partial charge in [0.2, 0.25) is 0 Å². The minimum atomic E-state index is -0.731. The van der Waals surface area contributed by atoms with Crippen LogP contribution < -0.4 is 4.74 Å². The molecular weight excluding hydrogens is 345 g/mol. The summed E-state index contributed by atoms with van der Waals surface area (Å²) in [6.45, 7) is 2.71. The number of ether oxygens (including phenoxy) is 1. The van der Waals surface area contributed by atoms with Crippen molar-refractivity contribution in [3.05, 3.63) is 65.0 Å². The number of fused-ring (bicyclic) bond motifs is 1. The van der Waals surface area contributed by atoms with Gasteiger partial charge in [-0.25, -0.2) is 4.39 Å². The third-order valence-electron chi connectivity index (χ3n) is 5.47. The normalized spacial score (nSPS) is 19.6. The van der Waals surface area contributed by atoms with E-state index in [0.717, 1.165) is 19.5 Å². The number of ketones is 2. The van der Waals surface area contributed by atoms with Crippen LogP contribution in [-0.4, -0.2) is 42.7 Å². The summed E-state index contributed by atoms with van der Waals surface area (Å²) < 4.78 is 20.0. The number of carbonyl (C=O) groups excluding carboxylic acids is 2. The van der Waals surface area contributed by atoms with Crippen LogP contribution in [0.1, 0.15) is 51.5 Å². The molecule has 2 heterocycles. The number of carbonyl (C=O) groups is 2. The molecule has 0 aromatic heterocycles. The Balaban J connectivity index is 1.39. The summed E-state index contributed by atoms with van der Waals surface area (Å²) in [6, 6.07) is 13.4. The summed E-state index contributed by atoms with van der Waals surface area (Å²) in [6.07, 6.45) is 1.46. The Labute approximate surface area is 157 Å². The number of halogens is 1. The average molecular weight is 367 g/mol. The third-order valence-corrected chi connectivity index (χ3v) is 5.47. The van der Waals surface area contributed by atoms with Gasteiger partial charge in [-0.3, -0.25) is 9.59 Å². The molecule has 1 unspecified atom stereocenters. The van der Waals surface area contributed by atoms with E-state index in [4.69, 9.17) is 4.74 Å². The Morgan fingerprint density at radius 2 is 2.00 bits per heavy atom. The third kappa shape index (κ3) is 3.65. The lowest BCUT2D eigenvalue weighted by Crippen LogP contribution is -2.24. The van der Waals surface area contributed by atoms with Crippen molar-refractivity contribution in [2.24, 2.45) is 0 Å². The number of hydrogen-bond acceptors (Lipinski definition) is 4. The Kier molecular flexibility index (Phi) is 5.03. The monoisotopic (exact) mass is 367 g/mol. The second-order valence-corrected chi connectivity index (χ2v) is 7.19. The molecule has 0 N–H and O–H groups in total. The quantitative estimate of drug-likeness (QED) is 0.753. The van der Waals surface area contributed by atoms with Crippen molar-refractivity contribution in [1.29, 1.82) is 0 Å². The molecule has 1 saturated heterocycles. The molecule has 4 nitrogen and oxygen atoms in total. The zero-order chi connectivity index (χ0) is 18.8. The molecule has 2 aromatic carbocycles. The summed E-state index contributed by atoms with van der Waals surface area (Å²) in [5.41, 5.74) is 1.24. The molecule has 27 heavy (non-hydrogen) atoms. The van der Waals surface area contributed by atoms with Crippen LogP contribution in [0.4, 0.5) is 4.39 Å². The molecule has 4 rings (SSSR count). The van der Waals surface area contributed by atoms with Gasteiger partial charge in [-0.15, -0.1) is 0 Å². The second-order valence-electron chi connectivity index (χ2n) is 7.19. The van der Waals surface area contributed by atoms with Crippen molar-refractivity contribution in [1.82, 2.24) is 4.90 Å². The first-order chi connectivity index (χ1) is 13.1. The number of hydrogen-bond donors (Lipinski definition) is 0. The molecule has 2 aromatic rings. The second kappa shape index (κ2) is 7.61. The first kappa shape index (κ1) is 17.9. The summed E-state index contributed by atoms with van der Waals surface area (Å²) in [4.78, 5) is 26.8. The van der Waals surface area contributed by atoms with Gasteiger partial charge >= 0.3 is 0 Å². The van der Waals surface area contributed by atoms with Crippen LogP contribution in [0.15, 0.2) is 42.5 Å². The van der Waals surface area contributed by atoms with E-state index in [1.54, 1.807) is 0 Å². The van der Waals surface area contributed by atoms with E-state index < -0.39 is 5.82 Å². The van der Waals surface area contributed by atoms with Gasteiger partial charge in [0, 0.05) is 25.9 Å². The molecule has 2 aliphatic rings. The smallest absolute Gasteiger partial charge is 0.172 e. The lowest BCUT2D eigenvalue weighted by molar-refractivity contribution is 0.0927. The van der Waals surface area contributed by atoms with Crippen molar-refractivity contribution >= 4 is 11.6 Å². The minimum Gasteiger partial charge on any atom is -0.492 e. The lowest BCUT2D eigenvalue weighted by Gasteiger charge is -2.19. The van der Waals surface area contributed by atoms with Crippen molar-refractivity contribution in [2.75, 3.05) is 26.2 Å². The molecule has 140 valence electrons.